The highest BCUT2D eigenvalue weighted by atomic mass is 16.7. The molecule has 2 unspecified atom stereocenters. The molecule has 0 aliphatic heterocycles. The molecule has 0 aromatic carbocycles. The van der Waals surface area contributed by atoms with E-state index in [4.69, 9.17) is 33.2 Å². The monoisotopic (exact) mass is 1200 g/mol. The maximum Gasteiger partial charge on any atom is 0.162 e. The minimum atomic E-state index is -0.225. The standard InChI is InChI=1S/C78H154O7/c1-9-17-25-31-37-43-49-57-65-73(80-67-59-51-45-39-33-27-19-11-3)77(82-69-61-53-47-41-35-29-21-13-5)75(63-55-23-15-7)84-71-79-72-85-76(64-56-24-16-8)78(83-70-62-54-48-42-36-30-22-14-6)74(66-58-50-44-38-32-26-18-10-2)81-68-60-52-46-40-34-28-20-12-4/h75-76H,9-72H2,1-8H3. The highest BCUT2D eigenvalue weighted by Crippen LogP contribution is 2.29. The normalized spacial score (nSPS) is 13.1. The number of rotatable bonds is 74. The summed E-state index contributed by atoms with van der Waals surface area (Å²) in [5, 5.41) is 0. The number of hydrogen-bond donors (Lipinski definition) is 0. The van der Waals surface area contributed by atoms with Crippen LogP contribution in [0.15, 0.2) is 23.0 Å². The lowest BCUT2D eigenvalue weighted by molar-refractivity contribution is -0.167. The summed E-state index contributed by atoms with van der Waals surface area (Å²) < 4.78 is 48.4. The topological polar surface area (TPSA) is 64.6 Å². The molecule has 7 heteroatoms. The summed E-state index contributed by atoms with van der Waals surface area (Å²) in [5.41, 5.74) is 0. The van der Waals surface area contributed by atoms with Gasteiger partial charge in [0, 0.05) is 12.8 Å². The Balaban J connectivity index is 6.88. The second-order valence-electron chi connectivity index (χ2n) is 26.1. The average Bonchev–Trinajstić information content (AvgIpc) is 3.62. The van der Waals surface area contributed by atoms with E-state index in [1.54, 1.807) is 0 Å². The summed E-state index contributed by atoms with van der Waals surface area (Å²) in [4.78, 5) is 0. The van der Waals surface area contributed by atoms with Crippen molar-refractivity contribution in [2.45, 2.75) is 440 Å². The smallest absolute Gasteiger partial charge is 0.162 e. The quantitative estimate of drug-likeness (QED) is 0.0341. The van der Waals surface area contributed by atoms with Crippen LogP contribution in [-0.4, -0.2) is 52.2 Å². The predicted molar refractivity (Wildman–Crippen MR) is 372 cm³/mol. The summed E-state index contributed by atoms with van der Waals surface area (Å²) in [6, 6.07) is 0. The molecule has 85 heavy (non-hydrogen) atoms. The van der Waals surface area contributed by atoms with Crippen molar-refractivity contribution in [1.29, 1.82) is 0 Å². The Morgan fingerprint density at radius 1 is 0.212 bits per heavy atom. The van der Waals surface area contributed by atoms with Gasteiger partial charge in [0.1, 0.15) is 23.7 Å². The van der Waals surface area contributed by atoms with Crippen LogP contribution in [0.25, 0.3) is 0 Å². The largest absolute Gasteiger partial charge is 0.494 e. The van der Waals surface area contributed by atoms with Crippen molar-refractivity contribution in [1.82, 2.24) is 0 Å². The third-order valence-electron chi connectivity index (χ3n) is 17.6. The lowest BCUT2D eigenvalue weighted by Gasteiger charge is -2.26. The van der Waals surface area contributed by atoms with Crippen molar-refractivity contribution in [3.05, 3.63) is 23.0 Å². The fourth-order valence-electron chi connectivity index (χ4n) is 11.8. The Hall–Kier alpha value is -1.44. The third-order valence-corrected chi connectivity index (χ3v) is 17.6. The van der Waals surface area contributed by atoms with E-state index in [-0.39, 0.29) is 25.8 Å². The number of ether oxygens (including phenoxy) is 7. The molecule has 0 amide bonds. The van der Waals surface area contributed by atoms with Gasteiger partial charge in [-0.1, -0.05) is 364 Å². The maximum absolute atomic E-state index is 7.04. The zero-order valence-electron chi connectivity index (χ0n) is 59.3. The van der Waals surface area contributed by atoms with Gasteiger partial charge in [0.05, 0.1) is 26.4 Å². The van der Waals surface area contributed by atoms with Gasteiger partial charge < -0.3 is 33.2 Å². The summed E-state index contributed by atoms with van der Waals surface area (Å²) in [7, 11) is 0. The molecule has 0 N–H and O–H groups in total. The Morgan fingerprint density at radius 2 is 0.412 bits per heavy atom. The molecule has 2 atom stereocenters. The first kappa shape index (κ1) is 83.6. The summed E-state index contributed by atoms with van der Waals surface area (Å²) in [6.45, 7) is 21.6. The third kappa shape index (κ3) is 57.5. The molecule has 0 aromatic heterocycles. The average molecular weight is 1200 g/mol. The van der Waals surface area contributed by atoms with Crippen LogP contribution >= 0.6 is 0 Å². The molecule has 508 valence electrons. The van der Waals surface area contributed by atoms with E-state index in [0.29, 0.717) is 13.2 Å². The molecule has 0 radical (unpaired) electrons. The Labute approximate surface area is 533 Å². The SMILES string of the molecule is CCCCCCCCCCOC(CCCCCCCCCC)=C(OCCCCCCCCCC)C(CCCCC)OCOCOC(CCCCC)C(OCCCCCCCCCC)=C(CCCCCCCCCC)OCCCCCCCCCC. The molecule has 0 spiro atoms. The second kappa shape index (κ2) is 71.6. The fraction of sp³-hybridized carbons (Fsp3) is 0.949. The van der Waals surface area contributed by atoms with Gasteiger partial charge in [-0.15, -0.1) is 0 Å². The van der Waals surface area contributed by atoms with Crippen molar-refractivity contribution in [3.8, 4) is 0 Å². The highest BCUT2D eigenvalue weighted by Gasteiger charge is 2.26. The number of hydrogen-bond acceptors (Lipinski definition) is 7. The molecular weight excluding hydrogens is 1050 g/mol. The van der Waals surface area contributed by atoms with Gasteiger partial charge in [-0.05, 0) is 51.4 Å². The molecule has 0 heterocycles. The second-order valence-corrected chi connectivity index (χ2v) is 26.1. The molecule has 0 rings (SSSR count). The van der Waals surface area contributed by atoms with Crippen molar-refractivity contribution in [3.63, 3.8) is 0 Å². The molecular formula is C78H154O7. The van der Waals surface area contributed by atoms with E-state index >= 15 is 0 Å². The summed E-state index contributed by atoms with van der Waals surface area (Å²) in [5.74, 6) is 3.98. The molecule has 0 fully saturated rings. The van der Waals surface area contributed by atoms with Crippen molar-refractivity contribution in [2.24, 2.45) is 0 Å². The zero-order chi connectivity index (χ0) is 61.7. The minimum Gasteiger partial charge on any atom is -0.494 e. The molecule has 7 nitrogen and oxygen atoms in total. The summed E-state index contributed by atoms with van der Waals surface area (Å²) >= 11 is 0. The van der Waals surface area contributed by atoms with Crippen LogP contribution in [0, 0.1) is 0 Å². The fourth-order valence-corrected chi connectivity index (χ4v) is 11.8. The lowest BCUT2D eigenvalue weighted by Crippen LogP contribution is -2.25. The van der Waals surface area contributed by atoms with Gasteiger partial charge in [-0.3, -0.25) is 0 Å². The van der Waals surface area contributed by atoms with Crippen molar-refractivity contribution >= 4 is 0 Å². The summed E-state index contributed by atoms with van der Waals surface area (Å²) in [6.07, 6.45) is 71.8. The Kier molecular flexibility index (Phi) is 70.4. The first-order valence-electron chi connectivity index (χ1n) is 38.9. The molecule has 0 aliphatic carbocycles. The first-order valence-corrected chi connectivity index (χ1v) is 38.9. The van der Waals surface area contributed by atoms with E-state index in [1.165, 1.54) is 270 Å². The van der Waals surface area contributed by atoms with Gasteiger partial charge in [0.15, 0.2) is 25.1 Å². The van der Waals surface area contributed by atoms with E-state index in [0.717, 1.165) is 139 Å². The minimum absolute atomic E-state index is 0.143. The maximum atomic E-state index is 7.04. The number of allylic oxidation sites excluding steroid dienone is 2. The molecule has 0 aromatic rings. The van der Waals surface area contributed by atoms with Crippen LogP contribution in [-0.2, 0) is 33.2 Å². The highest BCUT2D eigenvalue weighted by molar-refractivity contribution is 5.09. The lowest BCUT2D eigenvalue weighted by atomic mass is 10.0. The predicted octanol–water partition coefficient (Wildman–Crippen LogP) is 27.0. The van der Waals surface area contributed by atoms with Crippen molar-refractivity contribution < 1.29 is 33.2 Å². The zero-order valence-corrected chi connectivity index (χ0v) is 59.3. The van der Waals surface area contributed by atoms with Gasteiger partial charge in [-0.2, -0.15) is 0 Å². The Morgan fingerprint density at radius 3 is 0.659 bits per heavy atom. The van der Waals surface area contributed by atoms with Crippen LogP contribution in [0.1, 0.15) is 428 Å². The van der Waals surface area contributed by atoms with Crippen LogP contribution < -0.4 is 0 Å². The van der Waals surface area contributed by atoms with Crippen LogP contribution in [0.3, 0.4) is 0 Å². The van der Waals surface area contributed by atoms with E-state index in [9.17, 15) is 0 Å². The molecule has 0 saturated heterocycles. The van der Waals surface area contributed by atoms with Gasteiger partial charge in [-0.25, -0.2) is 0 Å². The molecule has 0 bridgehead atoms. The van der Waals surface area contributed by atoms with E-state index < -0.39 is 0 Å². The Bertz CT molecular complexity index is 1230. The van der Waals surface area contributed by atoms with E-state index in [2.05, 4.69) is 55.4 Å². The van der Waals surface area contributed by atoms with Gasteiger partial charge >= 0.3 is 0 Å². The van der Waals surface area contributed by atoms with Crippen LogP contribution in [0.4, 0.5) is 0 Å². The molecule has 0 aliphatic rings. The first-order chi connectivity index (χ1) is 42.1. The van der Waals surface area contributed by atoms with Gasteiger partial charge in [0.25, 0.3) is 0 Å². The van der Waals surface area contributed by atoms with Crippen LogP contribution in [0.2, 0.25) is 0 Å². The number of unbranched alkanes of at least 4 members (excludes halogenated alkanes) is 46. The molecule has 0 saturated carbocycles. The van der Waals surface area contributed by atoms with Gasteiger partial charge in [0.2, 0.25) is 0 Å². The van der Waals surface area contributed by atoms with Crippen LogP contribution in [0.5, 0.6) is 0 Å². The van der Waals surface area contributed by atoms with Crippen molar-refractivity contribution in [2.75, 3.05) is 40.0 Å². The van der Waals surface area contributed by atoms with E-state index in [1.807, 2.05) is 0 Å².